The summed E-state index contributed by atoms with van der Waals surface area (Å²) in [5.74, 6) is -1.55. The minimum atomic E-state index is -1.04. The van der Waals surface area contributed by atoms with E-state index in [1.807, 2.05) is 32.0 Å². The highest BCUT2D eigenvalue weighted by Crippen LogP contribution is 2.10. The average Bonchev–Trinajstić information content (AvgIpc) is 2.54. The molecule has 0 fully saturated rings. The van der Waals surface area contributed by atoms with Crippen molar-refractivity contribution < 1.29 is 19.5 Å². The molecule has 0 aliphatic carbocycles. The van der Waals surface area contributed by atoms with Crippen LogP contribution >= 0.6 is 0 Å². The Morgan fingerprint density at radius 2 is 1.56 bits per heavy atom. The summed E-state index contributed by atoms with van der Waals surface area (Å²) in [6, 6.07) is 6.72. The van der Waals surface area contributed by atoms with Gasteiger partial charge in [0.25, 0.3) is 0 Å². The molecule has 0 spiro atoms. The number of hydrogen-bond donors (Lipinski definition) is 4. The van der Waals surface area contributed by atoms with E-state index < -0.39 is 30.0 Å². The smallest absolute Gasteiger partial charge is 0.320 e. The molecule has 3 atom stereocenters. The second kappa shape index (κ2) is 9.78. The van der Waals surface area contributed by atoms with Crippen LogP contribution in [0, 0.1) is 5.92 Å². The molecule has 0 saturated heterocycles. The summed E-state index contributed by atoms with van der Waals surface area (Å²) >= 11 is 0. The molecule has 1 aromatic rings. The van der Waals surface area contributed by atoms with Gasteiger partial charge in [0.15, 0.2) is 0 Å². The summed E-state index contributed by atoms with van der Waals surface area (Å²) in [4.78, 5) is 35.7. The predicted molar refractivity (Wildman–Crippen MR) is 96.2 cm³/mol. The van der Waals surface area contributed by atoms with Gasteiger partial charge in [-0.05, 0) is 38.3 Å². The van der Waals surface area contributed by atoms with E-state index in [0.717, 1.165) is 0 Å². The zero-order valence-electron chi connectivity index (χ0n) is 15.1. The number of carboxylic acids is 1. The maximum atomic E-state index is 12.5. The number of nitrogens with one attached hydrogen (secondary N) is 3. The van der Waals surface area contributed by atoms with E-state index in [2.05, 4.69) is 16.0 Å². The van der Waals surface area contributed by atoms with Crippen molar-refractivity contribution in [3.8, 4) is 0 Å². The van der Waals surface area contributed by atoms with E-state index in [0.29, 0.717) is 12.1 Å². The van der Waals surface area contributed by atoms with Crippen molar-refractivity contribution in [2.24, 2.45) is 5.92 Å². The molecule has 0 aliphatic heterocycles. The number of carboxylic acid groups (broad SMARTS) is 1. The maximum absolute atomic E-state index is 12.5. The number of carbonyl (C=O) groups excluding carboxylic acids is 2. The molecule has 0 heterocycles. The summed E-state index contributed by atoms with van der Waals surface area (Å²) in [6.45, 7) is 6.95. The van der Waals surface area contributed by atoms with Crippen LogP contribution in [0.2, 0.25) is 0 Å². The zero-order chi connectivity index (χ0) is 19.0. The van der Waals surface area contributed by atoms with Gasteiger partial charge in [-0.25, -0.2) is 0 Å². The molecule has 0 aromatic heterocycles. The molecule has 7 nitrogen and oxygen atoms in total. The number of para-hydroxylation sites is 1. The van der Waals surface area contributed by atoms with Crippen LogP contribution in [-0.4, -0.2) is 41.0 Å². The van der Waals surface area contributed by atoms with Gasteiger partial charge in [-0.1, -0.05) is 32.0 Å². The monoisotopic (exact) mass is 349 g/mol. The van der Waals surface area contributed by atoms with Crippen LogP contribution in [-0.2, 0) is 14.4 Å². The number of rotatable bonds is 9. The largest absolute Gasteiger partial charge is 0.480 e. The highest BCUT2D eigenvalue weighted by molar-refractivity contribution is 5.97. The Morgan fingerprint density at radius 3 is 2.08 bits per heavy atom. The number of amides is 2. The second-order valence-electron chi connectivity index (χ2n) is 6.49. The number of anilines is 1. The Kier molecular flexibility index (Phi) is 8.07. The third-order valence-electron chi connectivity index (χ3n) is 3.65. The summed E-state index contributed by atoms with van der Waals surface area (Å²) in [5, 5.41) is 17.1. The fourth-order valence-electron chi connectivity index (χ4n) is 2.27. The highest BCUT2D eigenvalue weighted by Gasteiger charge is 2.26. The molecular weight excluding hydrogens is 322 g/mol. The molecule has 4 N–H and O–H groups in total. The minimum absolute atomic E-state index is 0.202. The Bertz CT molecular complexity index is 589. The minimum Gasteiger partial charge on any atom is -0.480 e. The topological polar surface area (TPSA) is 108 Å². The molecule has 0 aliphatic rings. The van der Waals surface area contributed by atoms with Crippen LogP contribution in [0.1, 0.15) is 34.1 Å². The van der Waals surface area contributed by atoms with Crippen molar-refractivity contribution >= 4 is 23.5 Å². The molecule has 7 heteroatoms. The molecule has 0 bridgehead atoms. The van der Waals surface area contributed by atoms with Crippen LogP contribution in [0.3, 0.4) is 0 Å². The fraction of sp³-hybridized carbons (Fsp3) is 0.500. The summed E-state index contributed by atoms with van der Waals surface area (Å²) in [7, 11) is 0. The Morgan fingerprint density at radius 1 is 0.960 bits per heavy atom. The molecular formula is C18H27N3O4. The van der Waals surface area contributed by atoms with Gasteiger partial charge in [0, 0.05) is 5.69 Å². The van der Waals surface area contributed by atoms with Crippen molar-refractivity contribution in [3.63, 3.8) is 0 Å². The van der Waals surface area contributed by atoms with Crippen LogP contribution < -0.4 is 16.0 Å². The normalized spacial score (nSPS) is 14.4. The molecule has 25 heavy (non-hydrogen) atoms. The van der Waals surface area contributed by atoms with Crippen molar-refractivity contribution in [1.29, 1.82) is 0 Å². The molecule has 138 valence electrons. The van der Waals surface area contributed by atoms with E-state index in [-0.39, 0.29) is 11.8 Å². The Labute approximate surface area is 148 Å². The predicted octanol–water partition coefficient (Wildman–Crippen LogP) is 1.61. The molecule has 1 rings (SSSR count). The van der Waals surface area contributed by atoms with Crippen molar-refractivity contribution in [1.82, 2.24) is 10.6 Å². The summed E-state index contributed by atoms with van der Waals surface area (Å²) in [6.07, 6.45) is 0.478. The van der Waals surface area contributed by atoms with E-state index >= 15 is 0 Å². The first-order valence-electron chi connectivity index (χ1n) is 8.35. The van der Waals surface area contributed by atoms with E-state index in [1.54, 1.807) is 19.1 Å². The maximum Gasteiger partial charge on any atom is 0.320 e. The third kappa shape index (κ3) is 7.34. The number of aliphatic carboxylic acids is 1. The standard InChI is InChI=1S/C18H27N3O4/c1-11(2)10-15(17(23)20-14-8-6-5-7-9-14)21-16(22)12(3)19-13(4)18(24)25/h5-9,11-13,15,19H,10H2,1-4H3,(H,20,23)(H,21,22)(H,24,25)/t12-,13?,15-/m0/s1. The van der Waals surface area contributed by atoms with Gasteiger partial charge in [0.2, 0.25) is 11.8 Å². The number of hydrogen-bond acceptors (Lipinski definition) is 4. The van der Waals surface area contributed by atoms with Crippen molar-refractivity contribution in [2.75, 3.05) is 5.32 Å². The van der Waals surface area contributed by atoms with Crippen LogP contribution in [0.5, 0.6) is 0 Å². The van der Waals surface area contributed by atoms with E-state index in [9.17, 15) is 14.4 Å². The molecule has 1 unspecified atom stereocenters. The highest BCUT2D eigenvalue weighted by atomic mass is 16.4. The van der Waals surface area contributed by atoms with Gasteiger partial charge in [-0.2, -0.15) is 0 Å². The zero-order valence-corrected chi connectivity index (χ0v) is 15.1. The van der Waals surface area contributed by atoms with Crippen molar-refractivity contribution in [3.05, 3.63) is 30.3 Å². The first-order valence-corrected chi connectivity index (χ1v) is 8.35. The van der Waals surface area contributed by atoms with Crippen molar-refractivity contribution in [2.45, 2.75) is 52.2 Å². The van der Waals surface area contributed by atoms with Crippen LogP contribution in [0.25, 0.3) is 0 Å². The quantitative estimate of drug-likeness (QED) is 0.542. The molecule has 0 saturated carbocycles. The first-order chi connectivity index (χ1) is 11.7. The van der Waals surface area contributed by atoms with Gasteiger partial charge >= 0.3 is 5.97 Å². The van der Waals surface area contributed by atoms with E-state index in [1.165, 1.54) is 6.92 Å². The Hall–Kier alpha value is -2.41. The number of benzene rings is 1. The molecule has 1 aromatic carbocycles. The van der Waals surface area contributed by atoms with Gasteiger partial charge in [0.05, 0.1) is 6.04 Å². The van der Waals surface area contributed by atoms with Crippen LogP contribution in [0.15, 0.2) is 30.3 Å². The average molecular weight is 349 g/mol. The SMILES string of the molecule is CC(C)C[C@H](NC(=O)[C@H](C)NC(C)C(=O)O)C(=O)Nc1ccccc1. The lowest BCUT2D eigenvalue weighted by atomic mass is 10.0. The summed E-state index contributed by atoms with van der Waals surface area (Å²) < 4.78 is 0. The molecule has 0 radical (unpaired) electrons. The number of carbonyl (C=O) groups is 3. The lowest BCUT2D eigenvalue weighted by molar-refractivity contribution is -0.139. The van der Waals surface area contributed by atoms with Gasteiger partial charge in [0.1, 0.15) is 12.1 Å². The van der Waals surface area contributed by atoms with Gasteiger partial charge < -0.3 is 15.7 Å². The first kappa shape index (κ1) is 20.6. The summed E-state index contributed by atoms with van der Waals surface area (Å²) in [5.41, 5.74) is 0.654. The van der Waals surface area contributed by atoms with Crippen LogP contribution in [0.4, 0.5) is 5.69 Å². The fourth-order valence-corrected chi connectivity index (χ4v) is 2.27. The van der Waals surface area contributed by atoms with Gasteiger partial charge in [-0.15, -0.1) is 0 Å². The van der Waals surface area contributed by atoms with Gasteiger partial charge in [-0.3, -0.25) is 19.7 Å². The second-order valence-corrected chi connectivity index (χ2v) is 6.49. The lowest BCUT2D eigenvalue weighted by Crippen LogP contribution is -2.53. The Balaban J connectivity index is 2.72. The lowest BCUT2D eigenvalue weighted by Gasteiger charge is -2.23. The molecule has 2 amide bonds. The third-order valence-corrected chi connectivity index (χ3v) is 3.65. The van der Waals surface area contributed by atoms with E-state index in [4.69, 9.17) is 5.11 Å².